The molecule has 1 unspecified atom stereocenters. The second kappa shape index (κ2) is 7.73. The molecule has 6 nitrogen and oxygen atoms in total. The van der Waals surface area contributed by atoms with Gasteiger partial charge in [-0.3, -0.25) is 9.59 Å². The number of ether oxygens (including phenoxy) is 2. The quantitative estimate of drug-likeness (QED) is 0.836. The van der Waals surface area contributed by atoms with Crippen LogP contribution >= 0.6 is 0 Å². The summed E-state index contributed by atoms with van der Waals surface area (Å²) in [5.74, 6) is -1.36. The summed E-state index contributed by atoms with van der Waals surface area (Å²) in [5, 5.41) is 2.43. The topological polar surface area (TPSA) is 67.9 Å². The van der Waals surface area contributed by atoms with E-state index in [0.717, 1.165) is 19.1 Å². The molecule has 1 aromatic carbocycles. The number of halogens is 3. The van der Waals surface area contributed by atoms with Crippen LogP contribution in [0, 0.1) is 0 Å². The van der Waals surface area contributed by atoms with E-state index in [1.807, 2.05) is 4.90 Å². The minimum Gasteiger partial charge on any atom is -0.453 e. The number of hydrogen-bond acceptors (Lipinski definition) is 5. The molecular weight excluding hydrogens is 341 g/mol. The molecule has 2 rings (SSSR count). The van der Waals surface area contributed by atoms with Crippen LogP contribution in [0.25, 0.3) is 0 Å². The number of benzene rings is 1. The van der Waals surface area contributed by atoms with E-state index in [1.54, 1.807) is 0 Å². The number of carbonyl (C=O) groups excluding carboxylic acids is 2. The zero-order valence-corrected chi connectivity index (χ0v) is 13.9. The van der Waals surface area contributed by atoms with Gasteiger partial charge in [-0.1, -0.05) is 0 Å². The van der Waals surface area contributed by atoms with Crippen LogP contribution in [0.5, 0.6) is 0 Å². The van der Waals surface area contributed by atoms with Gasteiger partial charge in [0.15, 0.2) is 6.10 Å². The summed E-state index contributed by atoms with van der Waals surface area (Å²) in [5.41, 5.74) is -0.402. The standard InChI is InChI=1S/C16H19F3N2O4/c1-10(25-11(2)22)15(23)20-13-9-12(16(17,18)19)3-4-14(13)21-5-7-24-8-6-21/h3-4,9-10H,5-8H2,1-2H3,(H,20,23). The Morgan fingerprint density at radius 1 is 1.28 bits per heavy atom. The van der Waals surface area contributed by atoms with Gasteiger partial charge in [0.25, 0.3) is 5.91 Å². The largest absolute Gasteiger partial charge is 0.453 e. The average Bonchev–Trinajstić information content (AvgIpc) is 2.54. The fourth-order valence-corrected chi connectivity index (χ4v) is 2.43. The van der Waals surface area contributed by atoms with E-state index >= 15 is 0 Å². The summed E-state index contributed by atoms with van der Waals surface area (Å²) < 4.78 is 49.0. The van der Waals surface area contributed by atoms with E-state index < -0.39 is 29.7 Å². The number of amides is 1. The maximum Gasteiger partial charge on any atom is 0.416 e. The zero-order chi connectivity index (χ0) is 18.6. The number of alkyl halides is 3. The molecule has 1 heterocycles. The van der Waals surface area contributed by atoms with Crippen molar-refractivity contribution < 1.29 is 32.2 Å². The number of carbonyl (C=O) groups is 2. The van der Waals surface area contributed by atoms with Gasteiger partial charge in [-0.15, -0.1) is 0 Å². The summed E-state index contributed by atoms with van der Waals surface area (Å²) >= 11 is 0. The van der Waals surface area contributed by atoms with Gasteiger partial charge in [-0.25, -0.2) is 0 Å². The fourth-order valence-electron chi connectivity index (χ4n) is 2.43. The third-order valence-electron chi connectivity index (χ3n) is 3.65. The molecule has 1 fully saturated rings. The second-order valence-electron chi connectivity index (χ2n) is 5.57. The Hall–Kier alpha value is -2.29. The van der Waals surface area contributed by atoms with Gasteiger partial charge in [0, 0.05) is 20.0 Å². The molecular formula is C16H19F3N2O4. The minimum atomic E-state index is -4.54. The van der Waals surface area contributed by atoms with Crippen molar-refractivity contribution in [2.24, 2.45) is 0 Å². The van der Waals surface area contributed by atoms with Crippen LogP contribution in [0.15, 0.2) is 18.2 Å². The van der Waals surface area contributed by atoms with Gasteiger partial charge in [0.05, 0.1) is 30.2 Å². The molecule has 1 aliphatic rings. The van der Waals surface area contributed by atoms with Crippen molar-refractivity contribution in [2.75, 3.05) is 36.5 Å². The Morgan fingerprint density at radius 3 is 2.48 bits per heavy atom. The number of hydrogen-bond donors (Lipinski definition) is 1. The molecule has 0 aromatic heterocycles. The van der Waals surface area contributed by atoms with Crippen molar-refractivity contribution in [3.63, 3.8) is 0 Å². The highest BCUT2D eigenvalue weighted by Gasteiger charge is 2.32. The van der Waals surface area contributed by atoms with E-state index in [9.17, 15) is 22.8 Å². The first-order valence-corrected chi connectivity index (χ1v) is 7.70. The van der Waals surface area contributed by atoms with E-state index in [0.29, 0.717) is 32.0 Å². The number of esters is 1. The average molecular weight is 360 g/mol. The van der Waals surface area contributed by atoms with Gasteiger partial charge in [0.2, 0.25) is 0 Å². The van der Waals surface area contributed by atoms with Gasteiger partial charge in [-0.05, 0) is 25.1 Å². The summed E-state index contributed by atoms with van der Waals surface area (Å²) in [6.45, 7) is 4.37. The fraction of sp³-hybridized carbons (Fsp3) is 0.500. The van der Waals surface area contributed by atoms with Crippen LogP contribution < -0.4 is 10.2 Å². The highest BCUT2D eigenvalue weighted by atomic mass is 19.4. The number of rotatable bonds is 4. The van der Waals surface area contributed by atoms with Crippen LogP contribution in [0.3, 0.4) is 0 Å². The normalized spacial score (nSPS) is 16.3. The van der Waals surface area contributed by atoms with Gasteiger partial charge in [-0.2, -0.15) is 13.2 Å². The first kappa shape index (κ1) is 19.0. The third kappa shape index (κ3) is 5.09. The van der Waals surface area contributed by atoms with Crippen LogP contribution in [-0.4, -0.2) is 44.3 Å². The molecule has 138 valence electrons. The van der Waals surface area contributed by atoms with Crippen molar-refractivity contribution in [1.29, 1.82) is 0 Å². The Kier molecular flexibility index (Phi) is 5.89. The lowest BCUT2D eigenvalue weighted by Gasteiger charge is -2.31. The van der Waals surface area contributed by atoms with Crippen molar-refractivity contribution >= 4 is 23.3 Å². The number of anilines is 2. The van der Waals surface area contributed by atoms with Crippen LogP contribution in [0.2, 0.25) is 0 Å². The molecule has 0 aliphatic carbocycles. The Balaban J connectivity index is 2.30. The minimum absolute atomic E-state index is 0.0146. The van der Waals surface area contributed by atoms with Gasteiger partial charge >= 0.3 is 12.1 Å². The molecule has 0 bridgehead atoms. The maximum absolute atomic E-state index is 13.0. The Labute approximate surface area is 142 Å². The predicted molar refractivity (Wildman–Crippen MR) is 84.3 cm³/mol. The molecule has 25 heavy (non-hydrogen) atoms. The SMILES string of the molecule is CC(=O)OC(C)C(=O)Nc1cc(C(F)(F)F)ccc1N1CCOCC1. The molecule has 0 saturated carbocycles. The van der Waals surface area contributed by atoms with Gasteiger partial charge < -0.3 is 19.7 Å². The molecule has 1 saturated heterocycles. The van der Waals surface area contributed by atoms with Crippen molar-refractivity contribution in [3.8, 4) is 0 Å². The van der Waals surface area contributed by atoms with E-state index in [4.69, 9.17) is 9.47 Å². The maximum atomic E-state index is 13.0. The number of nitrogens with zero attached hydrogens (tertiary/aromatic N) is 1. The Morgan fingerprint density at radius 2 is 1.92 bits per heavy atom. The molecule has 1 aliphatic heterocycles. The molecule has 9 heteroatoms. The highest BCUT2D eigenvalue weighted by Crippen LogP contribution is 2.35. The molecule has 1 N–H and O–H groups in total. The van der Waals surface area contributed by atoms with E-state index in [1.165, 1.54) is 13.0 Å². The van der Waals surface area contributed by atoms with Crippen LogP contribution in [-0.2, 0) is 25.2 Å². The molecule has 0 radical (unpaired) electrons. The third-order valence-corrected chi connectivity index (χ3v) is 3.65. The van der Waals surface area contributed by atoms with Crippen molar-refractivity contribution in [1.82, 2.24) is 0 Å². The van der Waals surface area contributed by atoms with E-state index in [2.05, 4.69) is 5.32 Å². The molecule has 0 spiro atoms. The van der Waals surface area contributed by atoms with Crippen LogP contribution in [0.1, 0.15) is 19.4 Å². The summed E-state index contributed by atoms with van der Waals surface area (Å²) in [6.07, 6.45) is -5.66. The first-order valence-electron chi connectivity index (χ1n) is 7.70. The lowest BCUT2D eigenvalue weighted by molar-refractivity contribution is -0.150. The second-order valence-corrected chi connectivity index (χ2v) is 5.57. The lowest BCUT2D eigenvalue weighted by atomic mass is 10.1. The van der Waals surface area contributed by atoms with Crippen molar-refractivity contribution in [3.05, 3.63) is 23.8 Å². The zero-order valence-electron chi connectivity index (χ0n) is 13.9. The monoisotopic (exact) mass is 360 g/mol. The summed E-state index contributed by atoms with van der Waals surface area (Å²) in [7, 11) is 0. The number of nitrogens with one attached hydrogen (secondary N) is 1. The predicted octanol–water partition coefficient (Wildman–Crippen LogP) is 2.43. The highest BCUT2D eigenvalue weighted by molar-refractivity contribution is 5.98. The van der Waals surface area contributed by atoms with Gasteiger partial charge in [0.1, 0.15) is 0 Å². The van der Waals surface area contributed by atoms with Crippen LogP contribution in [0.4, 0.5) is 24.5 Å². The van der Waals surface area contributed by atoms with E-state index in [-0.39, 0.29) is 5.69 Å². The van der Waals surface area contributed by atoms with Crippen molar-refractivity contribution in [2.45, 2.75) is 26.1 Å². The smallest absolute Gasteiger partial charge is 0.416 e. The molecule has 1 aromatic rings. The molecule has 1 atom stereocenters. The first-order chi connectivity index (χ1) is 11.7. The summed E-state index contributed by atoms with van der Waals surface area (Å²) in [6, 6.07) is 3.17. The summed E-state index contributed by atoms with van der Waals surface area (Å²) in [4.78, 5) is 24.9. The number of morpholine rings is 1. The molecule has 1 amide bonds. The Bertz CT molecular complexity index is 643. The lowest BCUT2D eigenvalue weighted by Crippen LogP contribution is -2.37.